The van der Waals surface area contributed by atoms with E-state index < -0.39 is 0 Å². The van der Waals surface area contributed by atoms with Gasteiger partial charge in [-0.05, 0) is 31.0 Å². The number of benzene rings is 1. The molecule has 112 valence electrons. The minimum Gasteiger partial charge on any atom is -0.483 e. The van der Waals surface area contributed by atoms with Gasteiger partial charge in [-0.1, -0.05) is 15.9 Å². The standard InChI is InChI=1S/C14H21BrN2O3/c1-10-6-12(15)7-11(8-16)14(10)20-9-13(18)17-4-3-5-19-2/h6-7H,3-5,8-9,16H2,1-2H3,(H,17,18). The SMILES string of the molecule is COCCCNC(=O)COc1c(C)cc(Br)cc1CN. The van der Waals surface area contributed by atoms with Crippen molar-refractivity contribution in [2.75, 3.05) is 26.9 Å². The van der Waals surface area contributed by atoms with Crippen molar-refractivity contribution in [3.05, 3.63) is 27.7 Å². The van der Waals surface area contributed by atoms with Crippen LogP contribution in [-0.4, -0.2) is 32.8 Å². The molecule has 1 aromatic carbocycles. The number of hydrogen-bond donors (Lipinski definition) is 2. The number of amides is 1. The first kappa shape index (κ1) is 16.9. The minimum absolute atomic E-state index is 0.0115. The van der Waals surface area contributed by atoms with Gasteiger partial charge in [-0.3, -0.25) is 4.79 Å². The van der Waals surface area contributed by atoms with Crippen LogP contribution in [-0.2, 0) is 16.1 Å². The van der Waals surface area contributed by atoms with E-state index >= 15 is 0 Å². The van der Waals surface area contributed by atoms with Crippen LogP contribution in [0, 0.1) is 6.92 Å². The maximum absolute atomic E-state index is 11.6. The predicted molar refractivity (Wildman–Crippen MR) is 81.8 cm³/mol. The normalized spacial score (nSPS) is 10.4. The molecule has 0 unspecified atom stereocenters. The van der Waals surface area contributed by atoms with Gasteiger partial charge in [0, 0.05) is 36.8 Å². The quantitative estimate of drug-likeness (QED) is 0.704. The fourth-order valence-corrected chi connectivity index (χ4v) is 2.41. The third-order valence-electron chi connectivity index (χ3n) is 2.73. The van der Waals surface area contributed by atoms with Gasteiger partial charge in [0.25, 0.3) is 5.91 Å². The summed E-state index contributed by atoms with van der Waals surface area (Å²) >= 11 is 3.41. The number of carbonyl (C=O) groups is 1. The number of carbonyl (C=O) groups excluding carboxylic acids is 1. The van der Waals surface area contributed by atoms with E-state index in [9.17, 15) is 4.79 Å². The van der Waals surface area contributed by atoms with E-state index in [1.807, 2.05) is 19.1 Å². The second-order valence-corrected chi connectivity index (χ2v) is 5.32. The van der Waals surface area contributed by atoms with Gasteiger partial charge in [-0.15, -0.1) is 0 Å². The van der Waals surface area contributed by atoms with Gasteiger partial charge >= 0.3 is 0 Å². The Hall–Kier alpha value is -1.11. The molecule has 0 spiro atoms. The summed E-state index contributed by atoms with van der Waals surface area (Å²) in [5.74, 6) is 0.536. The molecule has 0 aliphatic carbocycles. The summed E-state index contributed by atoms with van der Waals surface area (Å²) in [5.41, 5.74) is 7.52. The second-order valence-electron chi connectivity index (χ2n) is 4.40. The predicted octanol–water partition coefficient (Wildman–Crippen LogP) is 1.75. The second kappa shape index (κ2) is 8.94. The molecular weight excluding hydrogens is 324 g/mol. The zero-order valence-electron chi connectivity index (χ0n) is 11.9. The molecule has 0 saturated carbocycles. The molecule has 0 aliphatic rings. The van der Waals surface area contributed by atoms with Crippen LogP contribution in [0.5, 0.6) is 5.75 Å². The smallest absolute Gasteiger partial charge is 0.257 e. The maximum Gasteiger partial charge on any atom is 0.257 e. The van der Waals surface area contributed by atoms with Crippen molar-refractivity contribution in [3.63, 3.8) is 0 Å². The lowest BCUT2D eigenvalue weighted by molar-refractivity contribution is -0.123. The lowest BCUT2D eigenvalue weighted by Crippen LogP contribution is -2.30. The summed E-state index contributed by atoms with van der Waals surface area (Å²) in [6.07, 6.45) is 0.785. The minimum atomic E-state index is -0.147. The number of aryl methyl sites for hydroxylation is 1. The summed E-state index contributed by atoms with van der Waals surface area (Å²) < 4.78 is 11.4. The molecule has 1 aromatic rings. The summed E-state index contributed by atoms with van der Waals surface area (Å²) in [6.45, 7) is 3.49. The highest BCUT2D eigenvalue weighted by atomic mass is 79.9. The molecule has 0 radical (unpaired) electrons. The highest BCUT2D eigenvalue weighted by Gasteiger charge is 2.10. The molecule has 6 heteroatoms. The lowest BCUT2D eigenvalue weighted by atomic mass is 10.1. The first-order chi connectivity index (χ1) is 9.58. The van der Waals surface area contributed by atoms with Gasteiger partial charge in [-0.2, -0.15) is 0 Å². The van der Waals surface area contributed by atoms with E-state index in [2.05, 4.69) is 21.2 Å². The number of ether oxygens (including phenoxy) is 2. The van der Waals surface area contributed by atoms with Gasteiger partial charge in [0.2, 0.25) is 0 Å². The first-order valence-corrected chi connectivity index (χ1v) is 7.25. The first-order valence-electron chi connectivity index (χ1n) is 6.46. The van der Waals surface area contributed by atoms with Gasteiger partial charge in [-0.25, -0.2) is 0 Å². The van der Waals surface area contributed by atoms with E-state index in [1.54, 1.807) is 7.11 Å². The van der Waals surface area contributed by atoms with E-state index in [0.29, 0.717) is 25.4 Å². The Morgan fingerprint density at radius 2 is 2.20 bits per heavy atom. The Kier molecular flexibility index (Phi) is 7.58. The largest absolute Gasteiger partial charge is 0.483 e. The molecule has 20 heavy (non-hydrogen) atoms. The van der Waals surface area contributed by atoms with Crippen LogP contribution in [0.25, 0.3) is 0 Å². The number of hydrogen-bond acceptors (Lipinski definition) is 4. The van der Waals surface area contributed by atoms with Crippen LogP contribution < -0.4 is 15.8 Å². The average molecular weight is 345 g/mol. The zero-order valence-corrected chi connectivity index (χ0v) is 13.5. The molecule has 0 bridgehead atoms. The maximum atomic E-state index is 11.6. The van der Waals surface area contributed by atoms with E-state index in [-0.39, 0.29) is 12.5 Å². The van der Waals surface area contributed by atoms with Crippen molar-refractivity contribution in [1.29, 1.82) is 0 Å². The number of nitrogens with two attached hydrogens (primary N) is 1. The summed E-state index contributed by atoms with van der Waals surface area (Å²) in [7, 11) is 1.63. The van der Waals surface area contributed by atoms with Gasteiger partial charge in [0.1, 0.15) is 5.75 Å². The van der Waals surface area contributed by atoms with Gasteiger partial charge in [0.05, 0.1) is 0 Å². The molecule has 0 atom stereocenters. The number of rotatable bonds is 8. The van der Waals surface area contributed by atoms with Crippen molar-refractivity contribution in [3.8, 4) is 5.75 Å². The number of halogens is 1. The third kappa shape index (κ3) is 5.48. The molecule has 5 nitrogen and oxygen atoms in total. The summed E-state index contributed by atoms with van der Waals surface area (Å²) in [5, 5.41) is 2.77. The van der Waals surface area contributed by atoms with Crippen LogP contribution >= 0.6 is 15.9 Å². The van der Waals surface area contributed by atoms with Crippen molar-refractivity contribution < 1.29 is 14.3 Å². The van der Waals surface area contributed by atoms with Crippen LogP contribution in [0.3, 0.4) is 0 Å². The topological polar surface area (TPSA) is 73.6 Å². The third-order valence-corrected chi connectivity index (χ3v) is 3.19. The Balaban J connectivity index is 2.51. The number of nitrogens with one attached hydrogen (secondary N) is 1. The number of methoxy groups -OCH3 is 1. The van der Waals surface area contributed by atoms with Crippen LogP contribution in [0.15, 0.2) is 16.6 Å². The Labute approximate surface area is 127 Å². The highest BCUT2D eigenvalue weighted by molar-refractivity contribution is 9.10. The summed E-state index contributed by atoms with van der Waals surface area (Å²) in [4.78, 5) is 11.6. The van der Waals surface area contributed by atoms with E-state index in [4.69, 9.17) is 15.2 Å². The average Bonchev–Trinajstić information content (AvgIpc) is 2.41. The van der Waals surface area contributed by atoms with E-state index in [0.717, 1.165) is 22.0 Å². The fraction of sp³-hybridized carbons (Fsp3) is 0.500. The van der Waals surface area contributed by atoms with Crippen molar-refractivity contribution in [2.45, 2.75) is 19.9 Å². The van der Waals surface area contributed by atoms with Crippen molar-refractivity contribution in [2.24, 2.45) is 5.73 Å². The molecule has 0 heterocycles. The molecular formula is C14H21BrN2O3. The molecule has 3 N–H and O–H groups in total. The molecule has 0 saturated heterocycles. The zero-order chi connectivity index (χ0) is 15.0. The van der Waals surface area contributed by atoms with Crippen LogP contribution in [0.4, 0.5) is 0 Å². The van der Waals surface area contributed by atoms with Gasteiger partial charge in [0.15, 0.2) is 6.61 Å². The Bertz CT molecular complexity index is 452. The molecule has 1 rings (SSSR count). The van der Waals surface area contributed by atoms with Crippen molar-refractivity contribution >= 4 is 21.8 Å². The van der Waals surface area contributed by atoms with Crippen LogP contribution in [0.2, 0.25) is 0 Å². The summed E-state index contributed by atoms with van der Waals surface area (Å²) in [6, 6.07) is 3.84. The van der Waals surface area contributed by atoms with Crippen molar-refractivity contribution in [1.82, 2.24) is 5.32 Å². The fourth-order valence-electron chi connectivity index (χ4n) is 1.79. The molecule has 1 amide bonds. The van der Waals surface area contributed by atoms with Crippen LogP contribution in [0.1, 0.15) is 17.5 Å². The molecule has 0 aliphatic heterocycles. The monoisotopic (exact) mass is 344 g/mol. The molecule has 0 aromatic heterocycles. The molecule has 0 fully saturated rings. The Morgan fingerprint density at radius 1 is 1.45 bits per heavy atom. The Morgan fingerprint density at radius 3 is 2.85 bits per heavy atom. The van der Waals surface area contributed by atoms with E-state index in [1.165, 1.54) is 0 Å². The lowest BCUT2D eigenvalue weighted by Gasteiger charge is -2.14. The highest BCUT2D eigenvalue weighted by Crippen LogP contribution is 2.27. The van der Waals surface area contributed by atoms with Gasteiger partial charge < -0.3 is 20.5 Å².